The van der Waals surface area contributed by atoms with Crippen LogP contribution in [0.15, 0.2) is 18.2 Å². The standard InChI is InChI=1S/C26H31FN4O2/c1-16-23(15-21-20-14-18(27)6-7-22(20)29-25(21)32)28-17(2)24(16)26(33)31-12-8-19(9-13-31)30-10-4-3-5-11-30/h6-7,14-15,19,28H,3-5,8-13H2,1-2H3,(H,29,32)/b21-15-. The molecular formula is C26H31FN4O2. The first-order chi connectivity index (χ1) is 15.9. The molecule has 0 saturated carbocycles. The molecule has 1 aromatic heterocycles. The van der Waals surface area contributed by atoms with Gasteiger partial charge in [-0.1, -0.05) is 6.42 Å². The van der Waals surface area contributed by atoms with Crippen LogP contribution in [0.2, 0.25) is 0 Å². The number of hydrogen-bond donors (Lipinski definition) is 2. The zero-order valence-corrected chi connectivity index (χ0v) is 19.3. The SMILES string of the molecule is Cc1[nH]c(/C=C2\C(=O)Nc3ccc(F)cc32)c(C)c1C(=O)N1CCC(N2CCCCC2)CC1. The van der Waals surface area contributed by atoms with E-state index in [-0.39, 0.29) is 17.6 Å². The molecule has 0 bridgehead atoms. The van der Waals surface area contributed by atoms with Crippen LogP contribution in [0.3, 0.4) is 0 Å². The number of anilines is 1. The molecule has 33 heavy (non-hydrogen) atoms. The molecule has 2 amide bonds. The zero-order chi connectivity index (χ0) is 23.1. The van der Waals surface area contributed by atoms with Crippen LogP contribution in [0.4, 0.5) is 10.1 Å². The molecule has 4 heterocycles. The van der Waals surface area contributed by atoms with E-state index in [1.54, 1.807) is 12.1 Å². The maximum absolute atomic E-state index is 13.8. The van der Waals surface area contributed by atoms with E-state index in [4.69, 9.17) is 0 Å². The van der Waals surface area contributed by atoms with Crippen molar-refractivity contribution in [2.75, 3.05) is 31.5 Å². The highest BCUT2D eigenvalue weighted by Gasteiger charge is 2.31. The Morgan fingerprint density at radius 1 is 1.09 bits per heavy atom. The first-order valence-corrected chi connectivity index (χ1v) is 12.0. The van der Waals surface area contributed by atoms with Crippen molar-refractivity contribution in [1.82, 2.24) is 14.8 Å². The number of benzene rings is 1. The lowest BCUT2D eigenvalue weighted by atomic mass is 9.98. The molecule has 2 fully saturated rings. The molecule has 2 aromatic rings. The van der Waals surface area contributed by atoms with Gasteiger partial charge in [-0.15, -0.1) is 0 Å². The summed E-state index contributed by atoms with van der Waals surface area (Å²) in [5.41, 5.74) is 4.54. The Balaban J connectivity index is 1.35. The smallest absolute Gasteiger partial charge is 0.256 e. The third kappa shape index (κ3) is 4.10. The van der Waals surface area contributed by atoms with Crippen molar-refractivity contribution < 1.29 is 14.0 Å². The summed E-state index contributed by atoms with van der Waals surface area (Å²) in [4.78, 5) is 33.8. The Kier molecular flexibility index (Phi) is 5.83. The Bertz CT molecular complexity index is 1120. The number of aromatic amines is 1. The Hall–Kier alpha value is -2.93. The Morgan fingerprint density at radius 2 is 1.82 bits per heavy atom. The van der Waals surface area contributed by atoms with Crippen molar-refractivity contribution >= 4 is 29.2 Å². The number of likely N-dealkylation sites (tertiary alicyclic amines) is 2. The zero-order valence-electron chi connectivity index (χ0n) is 19.3. The summed E-state index contributed by atoms with van der Waals surface area (Å²) in [6.45, 7) is 7.72. The molecule has 2 saturated heterocycles. The largest absolute Gasteiger partial charge is 0.358 e. The summed E-state index contributed by atoms with van der Waals surface area (Å²) in [6, 6.07) is 4.85. The number of rotatable bonds is 3. The second-order valence-electron chi connectivity index (χ2n) is 9.49. The molecule has 0 aliphatic carbocycles. The number of carbonyl (C=O) groups excluding carboxylic acids is 2. The number of piperidine rings is 2. The van der Waals surface area contributed by atoms with Crippen LogP contribution in [0.1, 0.15) is 65.0 Å². The number of amides is 2. The van der Waals surface area contributed by atoms with E-state index in [0.29, 0.717) is 34.1 Å². The van der Waals surface area contributed by atoms with Gasteiger partial charge < -0.3 is 20.1 Å². The summed E-state index contributed by atoms with van der Waals surface area (Å²) in [7, 11) is 0. The minimum absolute atomic E-state index is 0.0466. The highest BCUT2D eigenvalue weighted by atomic mass is 19.1. The van der Waals surface area contributed by atoms with Gasteiger partial charge >= 0.3 is 0 Å². The van der Waals surface area contributed by atoms with E-state index in [9.17, 15) is 14.0 Å². The van der Waals surface area contributed by atoms with Gasteiger partial charge in [-0.3, -0.25) is 9.59 Å². The first-order valence-electron chi connectivity index (χ1n) is 12.0. The number of nitrogens with one attached hydrogen (secondary N) is 2. The third-order valence-corrected chi connectivity index (χ3v) is 7.40. The quantitative estimate of drug-likeness (QED) is 0.683. The van der Waals surface area contributed by atoms with Crippen LogP contribution in [0.5, 0.6) is 0 Å². The fourth-order valence-electron chi connectivity index (χ4n) is 5.56. The minimum Gasteiger partial charge on any atom is -0.358 e. The number of aryl methyl sites for hydroxylation is 1. The van der Waals surface area contributed by atoms with Gasteiger partial charge in [0.15, 0.2) is 0 Å². The summed E-state index contributed by atoms with van der Waals surface area (Å²) in [6.07, 6.45) is 7.67. The molecule has 7 heteroatoms. The van der Waals surface area contributed by atoms with E-state index in [2.05, 4.69) is 15.2 Å². The van der Waals surface area contributed by atoms with Crippen LogP contribution in [0.25, 0.3) is 11.6 Å². The third-order valence-electron chi connectivity index (χ3n) is 7.40. The lowest BCUT2D eigenvalue weighted by molar-refractivity contribution is -0.110. The lowest BCUT2D eigenvalue weighted by Gasteiger charge is -2.40. The molecule has 2 N–H and O–H groups in total. The highest BCUT2D eigenvalue weighted by Crippen LogP contribution is 2.34. The summed E-state index contributed by atoms with van der Waals surface area (Å²) < 4.78 is 13.8. The molecule has 3 aliphatic heterocycles. The van der Waals surface area contributed by atoms with Crippen LogP contribution in [-0.2, 0) is 4.79 Å². The van der Waals surface area contributed by atoms with Crippen LogP contribution in [0, 0.1) is 19.7 Å². The van der Waals surface area contributed by atoms with Gasteiger partial charge in [0, 0.05) is 41.8 Å². The molecule has 6 nitrogen and oxygen atoms in total. The lowest BCUT2D eigenvalue weighted by Crippen LogP contribution is -2.48. The second-order valence-corrected chi connectivity index (χ2v) is 9.49. The molecule has 3 aliphatic rings. The Morgan fingerprint density at radius 3 is 2.55 bits per heavy atom. The van der Waals surface area contributed by atoms with Crippen LogP contribution < -0.4 is 5.32 Å². The number of halogens is 1. The number of carbonyl (C=O) groups is 2. The predicted octanol–water partition coefficient (Wildman–Crippen LogP) is 4.35. The number of fused-ring (bicyclic) bond motifs is 1. The fraction of sp³-hybridized carbons (Fsp3) is 0.462. The summed E-state index contributed by atoms with van der Waals surface area (Å²) in [5.74, 6) is -0.611. The summed E-state index contributed by atoms with van der Waals surface area (Å²) in [5, 5.41) is 2.77. The maximum Gasteiger partial charge on any atom is 0.256 e. The van der Waals surface area contributed by atoms with Gasteiger partial charge in [0.1, 0.15) is 5.82 Å². The van der Waals surface area contributed by atoms with E-state index in [1.165, 1.54) is 44.5 Å². The number of nitrogens with zero attached hydrogens (tertiary/aromatic N) is 2. The van der Waals surface area contributed by atoms with Gasteiger partial charge in [-0.05, 0) is 82.5 Å². The normalized spacial score (nSPS) is 20.9. The van der Waals surface area contributed by atoms with Gasteiger partial charge in [0.05, 0.1) is 11.1 Å². The second kappa shape index (κ2) is 8.78. The monoisotopic (exact) mass is 450 g/mol. The van der Waals surface area contributed by atoms with Crippen LogP contribution in [-0.4, -0.2) is 58.8 Å². The minimum atomic E-state index is -0.389. The fourth-order valence-corrected chi connectivity index (χ4v) is 5.56. The molecule has 0 atom stereocenters. The van der Waals surface area contributed by atoms with Crippen molar-refractivity contribution in [2.24, 2.45) is 0 Å². The van der Waals surface area contributed by atoms with Gasteiger partial charge in [-0.2, -0.15) is 0 Å². The van der Waals surface area contributed by atoms with E-state index in [1.807, 2.05) is 18.7 Å². The molecular weight excluding hydrogens is 419 g/mol. The van der Waals surface area contributed by atoms with Gasteiger partial charge in [0.25, 0.3) is 11.8 Å². The number of H-pyrrole nitrogens is 1. The summed E-state index contributed by atoms with van der Waals surface area (Å²) >= 11 is 0. The van der Waals surface area contributed by atoms with E-state index >= 15 is 0 Å². The Labute approximate surface area is 193 Å². The maximum atomic E-state index is 13.8. The van der Waals surface area contributed by atoms with Gasteiger partial charge in [0.2, 0.25) is 0 Å². The molecule has 0 unspecified atom stereocenters. The van der Waals surface area contributed by atoms with Crippen LogP contribution >= 0.6 is 0 Å². The molecule has 5 rings (SSSR count). The average Bonchev–Trinajstić information content (AvgIpc) is 3.28. The number of hydrogen-bond acceptors (Lipinski definition) is 3. The molecule has 1 aromatic carbocycles. The highest BCUT2D eigenvalue weighted by molar-refractivity contribution is 6.34. The number of aromatic nitrogens is 1. The average molecular weight is 451 g/mol. The van der Waals surface area contributed by atoms with Crippen molar-refractivity contribution in [3.63, 3.8) is 0 Å². The first kappa shape index (κ1) is 21.9. The topological polar surface area (TPSA) is 68.4 Å². The van der Waals surface area contributed by atoms with Crippen molar-refractivity contribution in [3.8, 4) is 0 Å². The van der Waals surface area contributed by atoms with E-state index < -0.39 is 0 Å². The van der Waals surface area contributed by atoms with Crippen molar-refractivity contribution in [1.29, 1.82) is 0 Å². The molecule has 174 valence electrons. The van der Waals surface area contributed by atoms with E-state index in [0.717, 1.165) is 37.2 Å². The van der Waals surface area contributed by atoms with Crippen molar-refractivity contribution in [3.05, 3.63) is 52.1 Å². The predicted molar refractivity (Wildman–Crippen MR) is 128 cm³/mol. The molecule has 0 spiro atoms. The van der Waals surface area contributed by atoms with Gasteiger partial charge in [-0.25, -0.2) is 4.39 Å². The molecule has 0 radical (unpaired) electrons. The van der Waals surface area contributed by atoms with Crippen molar-refractivity contribution in [2.45, 2.75) is 52.0 Å².